The lowest BCUT2D eigenvalue weighted by atomic mass is 10.1. The maximum atomic E-state index is 12.4. The number of rotatable bonds is 12. The molecule has 0 bridgehead atoms. The van der Waals surface area contributed by atoms with E-state index in [-0.39, 0.29) is 18.4 Å². The van der Waals surface area contributed by atoms with Gasteiger partial charge in [-0.05, 0) is 43.2 Å². The molecule has 0 aliphatic heterocycles. The van der Waals surface area contributed by atoms with E-state index in [9.17, 15) is 9.59 Å². The van der Waals surface area contributed by atoms with Gasteiger partial charge in [-0.3, -0.25) is 9.59 Å². The lowest BCUT2D eigenvalue weighted by molar-refractivity contribution is -0.116. The Hall–Kier alpha value is -3.02. The molecule has 0 aliphatic rings. The fraction of sp³-hybridized carbons (Fsp3) is 0.417. The van der Waals surface area contributed by atoms with Gasteiger partial charge in [-0.1, -0.05) is 45.2 Å². The van der Waals surface area contributed by atoms with Crippen LogP contribution < -0.4 is 20.7 Å². The standard InChI is InChI=1S/C24H33N3O3/c1-4-6-7-8-15-30-20-12-9-11-19(16-20)25-17-24(29)27-22-14-10-13-21(18(22)3)26-23(28)5-2/h9-14,16,25H,4-8,15,17H2,1-3H3,(H,26,28)(H,27,29). The van der Waals surface area contributed by atoms with Gasteiger partial charge in [0.1, 0.15) is 5.75 Å². The molecule has 2 aromatic rings. The summed E-state index contributed by atoms with van der Waals surface area (Å²) in [7, 11) is 0. The van der Waals surface area contributed by atoms with Crippen molar-refractivity contribution in [3.05, 3.63) is 48.0 Å². The third-order valence-electron chi connectivity index (χ3n) is 4.76. The van der Waals surface area contributed by atoms with E-state index in [0.29, 0.717) is 24.4 Å². The van der Waals surface area contributed by atoms with E-state index in [4.69, 9.17) is 4.74 Å². The summed E-state index contributed by atoms with van der Waals surface area (Å²) < 4.78 is 5.79. The fourth-order valence-corrected chi connectivity index (χ4v) is 2.94. The van der Waals surface area contributed by atoms with Crippen LogP contribution in [0.25, 0.3) is 0 Å². The third kappa shape index (κ3) is 7.78. The number of hydrogen-bond acceptors (Lipinski definition) is 4. The summed E-state index contributed by atoms with van der Waals surface area (Å²) in [6, 6.07) is 13.1. The van der Waals surface area contributed by atoms with Gasteiger partial charge in [0.05, 0.1) is 13.2 Å². The number of ether oxygens (including phenoxy) is 1. The molecule has 162 valence electrons. The zero-order valence-electron chi connectivity index (χ0n) is 18.2. The smallest absolute Gasteiger partial charge is 0.243 e. The molecular weight excluding hydrogens is 378 g/mol. The summed E-state index contributed by atoms with van der Waals surface area (Å²) in [4.78, 5) is 24.0. The van der Waals surface area contributed by atoms with Crippen molar-refractivity contribution >= 4 is 28.9 Å². The number of hydrogen-bond donors (Lipinski definition) is 3. The van der Waals surface area contributed by atoms with Gasteiger partial charge in [0.2, 0.25) is 11.8 Å². The molecule has 2 amide bonds. The van der Waals surface area contributed by atoms with Crippen LogP contribution in [0.5, 0.6) is 5.75 Å². The Kier molecular flexibility index (Phi) is 9.71. The molecule has 0 radical (unpaired) electrons. The van der Waals surface area contributed by atoms with Crippen molar-refractivity contribution in [3.8, 4) is 5.75 Å². The van der Waals surface area contributed by atoms with Crippen molar-refractivity contribution in [1.29, 1.82) is 0 Å². The quantitative estimate of drug-likeness (QED) is 0.411. The van der Waals surface area contributed by atoms with Crippen LogP contribution in [0.3, 0.4) is 0 Å². The molecule has 0 fully saturated rings. The monoisotopic (exact) mass is 411 g/mol. The zero-order chi connectivity index (χ0) is 21.8. The van der Waals surface area contributed by atoms with Crippen molar-refractivity contribution in [2.75, 3.05) is 29.1 Å². The number of amides is 2. The van der Waals surface area contributed by atoms with Crippen molar-refractivity contribution in [3.63, 3.8) is 0 Å². The fourth-order valence-electron chi connectivity index (χ4n) is 2.94. The first-order valence-electron chi connectivity index (χ1n) is 10.7. The van der Waals surface area contributed by atoms with Crippen LogP contribution in [0, 0.1) is 6.92 Å². The van der Waals surface area contributed by atoms with E-state index in [1.807, 2.05) is 49.4 Å². The summed E-state index contributed by atoms with van der Waals surface area (Å²) in [5.41, 5.74) is 3.04. The Morgan fingerprint density at radius 1 is 0.900 bits per heavy atom. The van der Waals surface area contributed by atoms with E-state index in [1.165, 1.54) is 19.3 Å². The van der Waals surface area contributed by atoms with Crippen LogP contribution in [-0.2, 0) is 9.59 Å². The van der Waals surface area contributed by atoms with E-state index >= 15 is 0 Å². The summed E-state index contributed by atoms with van der Waals surface area (Å²) in [6.45, 7) is 6.69. The molecule has 2 rings (SSSR count). The summed E-state index contributed by atoms with van der Waals surface area (Å²) in [5, 5.41) is 8.87. The molecule has 3 N–H and O–H groups in total. The third-order valence-corrected chi connectivity index (χ3v) is 4.76. The first kappa shape index (κ1) is 23.3. The lowest BCUT2D eigenvalue weighted by Gasteiger charge is -2.14. The normalized spacial score (nSPS) is 10.4. The van der Waals surface area contributed by atoms with Gasteiger partial charge in [0.25, 0.3) is 0 Å². The van der Waals surface area contributed by atoms with Gasteiger partial charge >= 0.3 is 0 Å². The molecule has 0 atom stereocenters. The second kappa shape index (κ2) is 12.5. The predicted molar refractivity (Wildman–Crippen MR) is 123 cm³/mol. The van der Waals surface area contributed by atoms with Crippen LogP contribution in [-0.4, -0.2) is 25.0 Å². The maximum absolute atomic E-state index is 12.4. The Bertz CT molecular complexity index is 836. The first-order valence-corrected chi connectivity index (χ1v) is 10.7. The van der Waals surface area contributed by atoms with Crippen LogP contribution in [0.15, 0.2) is 42.5 Å². The van der Waals surface area contributed by atoms with Crippen LogP contribution in [0.2, 0.25) is 0 Å². The average Bonchev–Trinajstić information content (AvgIpc) is 2.75. The van der Waals surface area contributed by atoms with Crippen LogP contribution in [0.4, 0.5) is 17.1 Å². The molecule has 0 saturated carbocycles. The van der Waals surface area contributed by atoms with E-state index in [1.54, 1.807) is 6.92 Å². The van der Waals surface area contributed by atoms with Gasteiger partial charge in [-0.15, -0.1) is 0 Å². The molecule has 0 aromatic heterocycles. The van der Waals surface area contributed by atoms with Gasteiger partial charge in [0, 0.05) is 29.5 Å². The Balaban J connectivity index is 1.85. The summed E-state index contributed by atoms with van der Waals surface area (Å²) in [6.07, 6.45) is 5.07. The van der Waals surface area contributed by atoms with Crippen LogP contribution >= 0.6 is 0 Å². The Morgan fingerprint density at radius 2 is 1.60 bits per heavy atom. The molecular formula is C24H33N3O3. The van der Waals surface area contributed by atoms with Crippen molar-refractivity contribution in [2.24, 2.45) is 0 Å². The van der Waals surface area contributed by atoms with Crippen molar-refractivity contribution in [1.82, 2.24) is 0 Å². The SMILES string of the molecule is CCCCCCOc1cccc(NCC(=O)Nc2cccc(NC(=O)CC)c2C)c1. The molecule has 0 unspecified atom stereocenters. The molecule has 2 aromatic carbocycles. The highest BCUT2D eigenvalue weighted by Crippen LogP contribution is 2.23. The number of carbonyl (C=O) groups excluding carboxylic acids is 2. The Labute approximate surface area is 179 Å². The van der Waals surface area contributed by atoms with E-state index in [2.05, 4.69) is 22.9 Å². The molecule has 0 saturated heterocycles. The van der Waals surface area contributed by atoms with E-state index in [0.717, 1.165) is 23.4 Å². The minimum absolute atomic E-state index is 0.0595. The van der Waals surface area contributed by atoms with Crippen molar-refractivity contribution < 1.29 is 14.3 Å². The predicted octanol–water partition coefficient (Wildman–Crippen LogP) is 5.35. The van der Waals surface area contributed by atoms with Crippen LogP contribution in [0.1, 0.15) is 51.5 Å². The number of unbranched alkanes of at least 4 members (excludes halogenated alkanes) is 3. The second-order valence-electron chi connectivity index (χ2n) is 7.22. The zero-order valence-corrected chi connectivity index (χ0v) is 18.2. The first-order chi connectivity index (χ1) is 14.5. The average molecular weight is 412 g/mol. The molecule has 0 aliphatic carbocycles. The number of anilines is 3. The molecule has 0 spiro atoms. The molecule has 6 nitrogen and oxygen atoms in total. The van der Waals surface area contributed by atoms with Gasteiger partial charge < -0.3 is 20.7 Å². The number of carbonyl (C=O) groups is 2. The largest absolute Gasteiger partial charge is 0.494 e. The maximum Gasteiger partial charge on any atom is 0.243 e. The Morgan fingerprint density at radius 3 is 2.30 bits per heavy atom. The van der Waals surface area contributed by atoms with Gasteiger partial charge in [-0.25, -0.2) is 0 Å². The van der Waals surface area contributed by atoms with Gasteiger partial charge in [0.15, 0.2) is 0 Å². The van der Waals surface area contributed by atoms with E-state index < -0.39 is 0 Å². The summed E-state index contributed by atoms with van der Waals surface area (Å²) in [5.74, 6) is 0.575. The highest BCUT2D eigenvalue weighted by atomic mass is 16.5. The van der Waals surface area contributed by atoms with Gasteiger partial charge in [-0.2, -0.15) is 0 Å². The lowest BCUT2D eigenvalue weighted by Crippen LogP contribution is -2.22. The molecule has 30 heavy (non-hydrogen) atoms. The molecule has 0 heterocycles. The highest BCUT2D eigenvalue weighted by Gasteiger charge is 2.09. The second-order valence-corrected chi connectivity index (χ2v) is 7.22. The van der Waals surface area contributed by atoms with Crippen molar-refractivity contribution in [2.45, 2.75) is 52.9 Å². The highest BCUT2D eigenvalue weighted by molar-refractivity contribution is 5.97. The topological polar surface area (TPSA) is 79.5 Å². The minimum atomic E-state index is -0.164. The number of nitrogens with one attached hydrogen (secondary N) is 3. The summed E-state index contributed by atoms with van der Waals surface area (Å²) >= 11 is 0. The number of benzene rings is 2. The molecule has 6 heteroatoms. The minimum Gasteiger partial charge on any atom is -0.494 e.